The molecule has 1 atom stereocenters. The topological polar surface area (TPSA) is 148 Å². The van der Waals surface area contributed by atoms with Gasteiger partial charge in [0.1, 0.15) is 29.8 Å². The van der Waals surface area contributed by atoms with Crippen LogP contribution >= 0.6 is 0 Å². The number of nitrogen functional groups attached to an aromatic ring is 1. The van der Waals surface area contributed by atoms with Crippen LogP contribution in [0, 0.1) is 5.82 Å². The summed E-state index contributed by atoms with van der Waals surface area (Å²) < 4.78 is 20.6. The number of carboxylic acid groups (broad SMARTS) is 1. The van der Waals surface area contributed by atoms with Gasteiger partial charge in [0.25, 0.3) is 0 Å². The Morgan fingerprint density at radius 2 is 2.05 bits per heavy atom. The lowest BCUT2D eigenvalue weighted by Gasteiger charge is -2.18. The average Bonchev–Trinajstić information content (AvgIpc) is 3.65. The normalized spacial score (nSPS) is 14.3. The van der Waals surface area contributed by atoms with E-state index in [2.05, 4.69) is 27.0 Å². The second-order valence-corrected chi connectivity index (χ2v) is 9.90. The van der Waals surface area contributed by atoms with Crippen LogP contribution in [-0.2, 0) is 16.1 Å². The Labute approximate surface area is 246 Å². The van der Waals surface area contributed by atoms with Crippen LogP contribution in [-0.4, -0.2) is 61.3 Å². The molecule has 220 valence electrons. The van der Waals surface area contributed by atoms with Crippen molar-refractivity contribution in [3.05, 3.63) is 91.2 Å². The van der Waals surface area contributed by atoms with E-state index in [-0.39, 0.29) is 11.7 Å². The lowest BCUT2D eigenvalue weighted by Crippen LogP contribution is -2.39. The first-order valence-corrected chi connectivity index (χ1v) is 13.5. The number of methoxy groups -OCH3 is 1. The molecule has 6 rings (SSSR count). The largest absolute Gasteiger partial charge is 0.495 e. The number of nitrogens with one attached hydrogen (secondary N) is 1. The van der Waals surface area contributed by atoms with Gasteiger partial charge in [-0.2, -0.15) is 5.10 Å². The molecule has 0 aliphatic carbocycles. The first-order valence-electron chi connectivity index (χ1n) is 13.5. The van der Waals surface area contributed by atoms with Gasteiger partial charge in [-0.25, -0.2) is 19.2 Å². The Bertz CT molecular complexity index is 1820. The highest BCUT2D eigenvalue weighted by atomic mass is 19.1. The summed E-state index contributed by atoms with van der Waals surface area (Å²) in [5, 5.41) is 18.2. The summed E-state index contributed by atoms with van der Waals surface area (Å²) in [6.07, 6.45) is 5.75. The molecule has 1 amide bonds. The maximum atomic E-state index is 13.5. The molecule has 0 saturated carbocycles. The number of aromatic nitrogens is 4. The number of nitrogens with zero attached hydrogens (tertiary/aromatic N) is 5. The molecule has 1 aliphatic heterocycles. The number of anilines is 3. The first-order chi connectivity index (χ1) is 20.8. The van der Waals surface area contributed by atoms with Crippen LogP contribution in [0.5, 0.6) is 5.75 Å². The van der Waals surface area contributed by atoms with Crippen LogP contribution < -0.4 is 15.8 Å². The van der Waals surface area contributed by atoms with Gasteiger partial charge in [-0.3, -0.25) is 9.48 Å². The fourth-order valence-corrected chi connectivity index (χ4v) is 5.02. The van der Waals surface area contributed by atoms with Crippen LogP contribution in [0.15, 0.2) is 79.8 Å². The van der Waals surface area contributed by atoms with Crippen molar-refractivity contribution in [1.82, 2.24) is 24.6 Å². The number of halogens is 1. The number of ether oxygens (including phenoxy) is 1. The van der Waals surface area contributed by atoms with Gasteiger partial charge in [-0.1, -0.05) is 18.7 Å². The number of fused-ring (bicyclic) bond motifs is 2. The van der Waals surface area contributed by atoms with Gasteiger partial charge >= 0.3 is 5.97 Å². The summed E-state index contributed by atoms with van der Waals surface area (Å²) in [7, 11) is 1.57. The van der Waals surface area contributed by atoms with E-state index in [9.17, 15) is 14.0 Å². The number of nitrogens with two attached hydrogens (primary N) is 1. The van der Waals surface area contributed by atoms with Gasteiger partial charge in [0.15, 0.2) is 0 Å². The minimum Gasteiger partial charge on any atom is -0.495 e. The molecule has 0 radical (unpaired) electrons. The van der Waals surface area contributed by atoms with Gasteiger partial charge < -0.3 is 25.8 Å². The Balaban J connectivity index is 0.000000259. The van der Waals surface area contributed by atoms with E-state index >= 15 is 0 Å². The quantitative estimate of drug-likeness (QED) is 0.182. The van der Waals surface area contributed by atoms with E-state index in [1.54, 1.807) is 31.5 Å². The Hall–Kier alpha value is -5.52. The number of aliphatic carboxylic acids is 1. The molecule has 0 spiro atoms. The molecule has 3 heterocycles. The summed E-state index contributed by atoms with van der Waals surface area (Å²) in [6, 6.07) is 15.4. The lowest BCUT2D eigenvalue weighted by atomic mass is 10.2. The summed E-state index contributed by atoms with van der Waals surface area (Å²) in [5.74, 6) is -0.256. The monoisotopic (exact) mass is 583 g/mol. The standard InChI is InChI=1S/C23H19FN6O.C8H11NO3/c1-31-22-10-20-18(9-19(22)25)23(27-13-26-20)29-17-5-6-21-15(8-17)11-28-30(21)12-14-3-2-4-16(24)7-14;1-2-7(10)9-5-3-4-6(9)8(11)12/h2-11,13H,12,25H2,1H3,(H,26,27,29);2,6H,1,3-5H2,(H,11,12)/t;6-/m.0/s1. The van der Waals surface area contributed by atoms with Gasteiger partial charge in [-0.05, 0) is 60.9 Å². The minimum absolute atomic E-state index is 0.254. The third kappa shape index (κ3) is 6.38. The summed E-state index contributed by atoms with van der Waals surface area (Å²) >= 11 is 0. The molecular formula is C31H30FN7O4. The zero-order valence-corrected chi connectivity index (χ0v) is 23.4. The van der Waals surface area contributed by atoms with Crippen LogP contribution in [0.2, 0.25) is 0 Å². The van der Waals surface area contributed by atoms with Crippen molar-refractivity contribution in [3.8, 4) is 5.75 Å². The second kappa shape index (κ2) is 12.6. The lowest BCUT2D eigenvalue weighted by molar-refractivity contribution is -0.146. The van der Waals surface area contributed by atoms with Gasteiger partial charge in [-0.15, -0.1) is 0 Å². The van der Waals surface area contributed by atoms with E-state index in [0.717, 1.165) is 45.6 Å². The number of carbonyl (C=O) groups excluding carboxylic acids is 1. The predicted octanol–water partition coefficient (Wildman–Crippen LogP) is 4.75. The van der Waals surface area contributed by atoms with Gasteiger partial charge in [0.2, 0.25) is 5.91 Å². The minimum atomic E-state index is -0.928. The van der Waals surface area contributed by atoms with Crippen LogP contribution in [0.1, 0.15) is 18.4 Å². The maximum Gasteiger partial charge on any atom is 0.326 e. The van der Waals surface area contributed by atoms with E-state index in [1.165, 1.54) is 23.4 Å². The molecule has 1 fully saturated rings. The van der Waals surface area contributed by atoms with Crippen molar-refractivity contribution in [1.29, 1.82) is 0 Å². The van der Waals surface area contributed by atoms with Gasteiger partial charge in [0.05, 0.1) is 36.6 Å². The molecule has 11 nitrogen and oxygen atoms in total. The average molecular weight is 584 g/mol. The molecule has 1 aliphatic rings. The molecule has 4 N–H and O–H groups in total. The first kappa shape index (κ1) is 29.0. The molecule has 0 bridgehead atoms. The highest BCUT2D eigenvalue weighted by Gasteiger charge is 2.32. The molecule has 5 aromatic rings. The predicted molar refractivity (Wildman–Crippen MR) is 162 cm³/mol. The van der Waals surface area contributed by atoms with Crippen molar-refractivity contribution in [3.63, 3.8) is 0 Å². The third-order valence-electron chi connectivity index (χ3n) is 7.11. The van der Waals surface area contributed by atoms with E-state index in [1.807, 2.05) is 28.9 Å². The molecule has 3 aromatic carbocycles. The smallest absolute Gasteiger partial charge is 0.326 e. The number of likely N-dealkylation sites (tertiary alicyclic amines) is 1. The van der Waals surface area contributed by atoms with Crippen LogP contribution in [0.4, 0.5) is 21.6 Å². The highest BCUT2D eigenvalue weighted by molar-refractivity contribution is 5.95. The van der Waals surface area contributed by atoms with Crippen molar-refractivity contribution in [2.45, 2.75) is 25.4 Å². The zero-order valence-electron chi connectivity index (χ0n) is 23.4. The van der Waals surface area contributed by atoms with Crippen LogP contribution in [0.25, 0.3) is 21.8 Å². The van der Waals surface area contributed by atoms with E-state index in [0.29, 0.717) is 36.8 Å². The van der Waals surface area contributed by atoms with E-state index < -0.39 is 12.0 Å². The fourth-order valence-electron chi connectivity index (χ4n) is 5.02. The number of rotatable bonds is 7. The molecule has 0 unspecified atom stereocenters. The van der Waals surface area contributed by atoms with Crippen molar-refractivity contribution >= 4 is 50.9 Å². The second-order valence-electron chi connectivity index (χ2n) is 9.90. The number of hydrogen-bond donors (Lipinski definition) is 3. The molecule has 12 heteroatoms. The Morgan fingerprint density at radius 1 is 1.21 bits per heavy atom. The molecule has 43 heavy (non-hydrogen) atoms. The van der Waals surface area contributed by atoms with Gasteiger partial charge in [0, 0.05) is 29.1 Å². The van der Waals surface area contributed by atoms with E-state index in [4.69, 9.17) is 15.6 Å². The van der Waals surface area contributed by atoms with Crippen molar-refractivity contribution in [2.24, 2.45) is 0 Å². The number of amides is 1. The fraction of sp³-hybridized carbons (Fsp3) is 0.194. The SMILES string of the molecule is C=CC(=O)N1CCC[C@H]1C(=O)O.COc1cc2ncnc(Nc3ccc4c(cnn4Cc4cccc(F)c4)c3)c2cc1N. The molecule has 2 aromatic heterocycles. The highest BCUT2D eigenvalue weighted by Crippen LogP contribution is 2.31. The maximum absolute atomic E-state index is 13.5. The van der Waals surface area contributed by atoms with Crippen molar-refractivity contribution < 1.29 is 23.8 Å². The Morgan fingerprint density at radius 3 is 2.79 bits per heavy atom. The summed E-state index contributed by atoms with van der Waals surface area (Å²) in [5.41, 5.74) is 9.97. The number of hydrogen-bond acceptors (Lipinski definition) is 8. The zero-order chi connectivity index (χ0) is 30.5. The Kier molecular flexibility index (Phi) is 8.46. The molecular weight excluding hydrogens is 553 g/mol. The third-order valence-corrected chi connectivity index (χ3v) is 7.11. The number of carboxylic acids is 1. The number of carbonyl (C=O) groups is 2. The van der Waals surface area contributed by atoms with Crippen molar-refractivity contribution in [2.75, 3.05) is 24.7 Å². The number of benzene rings is 3. The van der Waals surface area contributed by atoms with Crippen LogP contribution in [0.3, 0.4) is 0 Å². The summed E-state index contributed by atoms with van der Waals surface area (Å²) in [4.78, 5) is 31.7. The summed E-state index contributed by atoms with van der Waals surface area (Å²) in [6.45, 7) is 4.34. The molecule has 1 saturated heterocycles.